The quantitative estimate of drug-likeness (QED) is 0.386. The third-order valence-electron chi connectivity index (χ3n) is 4.78. The van der Waals surface area contributed by atoms with E-state index in [-0.39, 0.29) is 19.0 Å². The fraction of sp³-hybridized carbons (Fsp3) is 0.182. The average Bonchev–Trinajstić information content (AvgIpc) is 3.38. The van der Waals surface area contributed by atoms with Crippen LogP contribution in [0.1, 0.15) is 5.56 Å². The molecule has 0 aliphatic heterocycles. The van der Waals surface area contributed by atoms with E-state index in [1.54, 1.807) is 35.0 Å². The van der Waals surface area contributed by atoms with Crippen molar-refractivity contribution in [2.24, 2.45) is 0 Å². The molecular weight excluding hydrogens is 417 g/mol. The second-order valence-electron chi connectivity index (χ2n) is 6.68. The Balaban J connectivity index is 1.83. The Kier molecular flexibility index (Phi) is 5.83. The van der Waals surface area contributed by atoms with Crippen molar-refractivity contribution < 1.29 is 23.7 Å². The lowest BCUT2D eigenvalue weighted by Gasteiger charge is -2.13. The molecule has 0 atom stereocenters. The molecule has 2 aromatic carbocycles. The number of aromatic nitrogens is 3. The van der Waals surface area contributed by atoms with E-state index in [2.05, 4.69) is 21.5 Å². The van der Waals surface area contributed by atoms with Crippen LogP contribution in [-0.4, -0.2) is 47.1 Å². The van der Waals surface area contributed by atoms with Crippen LogP contribution >= 0.6 is 0 Å². The Morgan fingerprint density at radius 3 is 2.69 bits per heavy atom. The molecule has 9 nitrogen and oxygen atoms in total. The van der Waals surface area contributed by atoms with Crippen LogP contribution in [0, 0.1) is 17.1 Å². The Morgan fingerprint density at radius 2 is 1.97 bits per heavy atom. The number of rotatable bonds is 8. The van der Waals surface area contributed by atoms with E-state index in [0.29, 0.717) is 45.5 Å². The smallest absolute Gasteiger partial charge is 0.173 e. The lowest BCUT2D eigenvalue weighted by Crippen LogP contribution is -2.03. The fourth-order valence-corrected chi connectivity index (χ4v) is 3.28. The topological polar surface area (TPSA) is 117 Å². The normalized spacial score (nSPS) is 10.7. The maximum atomic E-state index is 13.9. The van der Waals surface area contributed by atoms with Crippen molar-refractivity contribution in [3.8, 4) is 34.6 Å². The van der Waals surface area contributed by atoms with E-state index in [0.717, 1.165) is 0 Å². The van der Waals surface area contributed by atoms with E-state index in [1.807, 2.05) is 0 Å². The van der Waals surface area contributed by atoms with Crippen molar-refractivity contribution in [1.29, 1.82) is 5.26 Å². The van der Waals surface area contributed by atoms with Crippen LogP contribution in [0.25, 0.3) is 16.9 Å². The van der Waals surface area contributed by atoms with Gasteiger partial charge in [0.15, 0.2) is 34.5 Å². The van der Waals surface area contributed by atoms with Gasteiger partial charge in [0.05, 0.1) is 20.8 Å². The number of nitriles is 1. The highest BCUT2D eigenvalue weighted by Gasteiger charge is 2.20. The molecule has 3 N–H and O–H groups in total. The number of aliphatic hydroxyl groups excluding tert-OH is 1. The van der Waals surface area contributed by atoms with Gasteiger partial charge in [0.1, 0.15) is 23.9 Å². The highest BCUT2D eigenvalue weighted by molar-refractivity contribution is 5.82. The molecule has 0 saturated heterocycles. The summed E-state index contributed by atoms with van der Waals surface area (Å²) in [6.45, 7) is 0.0107. The highest BCUT2D eigenvalue weighted by atomic mass is 19.1. The zero-order chi connectivity index (χ0) is 22.7. The van der Waals surface area contributed by atoms with Crippen LogP contribution in [0.5, 0.6) is 17.2 Å². The molecule has 0 unspecified atom stereocenters. The van der Waals surface area contributed by atoms with Gasteiger partial charge in [0.25, 0.3) is 0 Å². The third kappa shape index (κ3) is 3.77. The van der Waals surface area contributed by atoms with E-state index < -0.39 is 5.82 Å². The lowest BCUT2D eigenvalue weighted by molar-refractivity contribution is 0.196. The number of imidazole rings is 1. The van der Waals surface area contributed by atoms with Crippen molar-refractivity contribution in [2.75, 3.05) is 32.8 Å². The van der Waals surface area contributed by atoms with E-state index >= 15 is 0 Å². The van der Waals surface area contributed by atoms with Crippen molar-refractivity contribution in [3.63, 3.8) is 0 Å². The molecule has 32 heavy (non-hydrogen) atoms. The minimum atomic E-state index is -0.480. The number of aromatic amines is 1. The molecule has 0 radical (unpaired) electrons. The van der Waals surface area contributed by atoms with Crippen molar-refractivity contribution in [2.45, 2.75) is 0 Å². The highest BCUT2D eigenvalue weighted by Crippen LogP contribution is 2.37. The summed E-state index contributed by atoms with van der Waals surface area (Å²) in [5.41, 5.74) is 2.58. The number of aliphatic hydroxyl groups is 1. The number of hydrogen-bond donors (Lipinski definition) is 3. The van der Waals surface area contributed by atoms with Crippen molar-refractivity contribution >= 4 is 17.2 Å². The first-order chi connectivity index (χ1) is 15.6. The predicted molar refractivity (Wildman–Crippen MR) is 115 cm³/mol. The number of methoxy groups -OCH3 is 2. The molecule has 0 aliphatic carbocycles. The SMILES string of the molecule is COc1cc(Nc2c(-c3ccc(OCCO)c(OC)c3)nc3c(C#N)c[nH]n23)ccc1F. The first-order valence-electron chi connectivity index (χ1n) is 9.62. The van der Waals surface area contributed by atoms with Gasteiger partial charge in [-0.2, -0.15) is 5.26 Å². The molecule has 0 amide bonds. The second kappa shape index (κ2) is 8.87. The Labute approximate surface area is 182 Å². The summed E-state index contributed by atoms with van der Waals surface area (Å²) in [6, 6.07) is 11.8. The maximum absolute atomic E-state index is 13.9. The number of benzene rings is 2. The maximum Gasteiger partial charge on any atom is 0.173 e. The Hall–Kier alpha value is -4.23. The van der Waals surface area contributed by atoms with Crippen LogP contribution in [0.3, 0.4) is 0 Å². The molecule has 0 bridgehead atoms. The van der Waals surface area contributed by atoms with Gasteiger partial charge in [0.2, 0.25) is 0 Å². The Morgan fingerprint density at radius 1 is 1.16 bits per heavy atom. The van der Waals surface area contributed by atoms with Crippen molar-refractivity contribution in [1.82, 2.24) is 14.6 Å². The van der Waals surface area contributed by atoms with Gasteiger partial charge in [-0.05, 0) is 30.3 Å². The minimum absolute atomic E-state index is 0.0913. The van der Waals surface area contributed by atoms with E-state index in [4.69, 9.17) is 19.3 Å². The summed E-state index contributed by atoms with van der Waals surface area (Å²) in [6.07, 6.45) is 1.55. The largest absolute Gasteiger partial charge is 0.494 e. The van der Waals surface area contributed by atoms with Crippen LogP contribution in [0.4, 0.5) is 15.9 Å². The van der Waals surface area contributed by atoms with E-state index in [1.165, 1.54) is 26.4 Å². The van der Waals surface area contributed by atoms with Crippen LogP contribution in [0.15, 0.2) is 42.6 Å². The number of ether oxygens (including phenoxy) is 3. The van der Waals surface area contributed by atoms with Gasteiger partial charge in [-0.15, -0.1) is 0 Å². The Bertz CT molecular complexity index is 1310. The summed E-state index contributed by atoms with van der Waals surface area (Å²) in [5.74, 6) is 1.08. The van der Waals surface area contributed by atoms with Gasteiger partial charge in [-0.25, -0.2) is 13.9 Å². The van der Waals surface area contributed by atoms with Crippen LogP contribution in [0.2, 0.25) is 0 Å². The molecule has 0 spiro atoms. The van der Waals surface area contributed by atoms with E-state index in [9.17, 15) is 9.65 Å². The number of nitrogens with zero attached hydrogens (tertiary/aromatic N) is 3. The van der Waals surface area contributed by atoms with Crippen LogP contribution in [-0.2, 0) is 0 Å². The molecule has 10 heteroatoms. The molecule has 4 rings (SSSR count). The number of hydrogen-bond acceptors (Lipinski definition) is 7. The zero-order valence-electron chi connectivity index (χ0n) is 17.3. The lowest BCUT2D eigenvalue weighted by atomic mass is 10.1. The average molecular weight is 437 g/mol. The summed E-state index contributed by atoms with van der Waals surface area (Å²) in [5, 5.41) is 24.7. The van der Waals surface area contributed by atoms with Crippen molar-refractivity contribution in [3.05, 3.63) is 54.0 Å². The van der Waals surface area contributed by atoms with Gasteiger partial charge in [-0.3, -0.25) is 5.10 Å². The second-order valence-corrected chi connectivity index (χ2v) is 6.68. The fourth-order valence-electron chi connectivity index (χ4n) is 3.28. The summed E-state index contributed by atoms with van der Waals surface area (Å²) < 4.78 is 31.5. The van der Waals surface area contributed by atoms with Gasteiger partial charge >= 0.3 is 0 Å². The number of nitrogens with one attached hydrogen (secondary N) is 2. The van der Waals surface area contributed by atoms with Crippen LogP contribution < -0.4 is 19.5 Å². The number of H-pyrrole nitrogens is 1. The monoisotopic (exact) mass is 437 g/mol. The number of anilines is 2. The predicted octanol–water partition coefficient (Wildman–Crippen LogP) is 3.47. The first-order valence-corrected chi connectivity index (χ1v) is 9.62. The molecule has 164 valence electrons. The summed E-state index contributed by atoms with van der Waals surface area (Å²) in [7, 11) is 2.90. The molecule has 2 aromatic heterocycles. The molecule has 2 heterocycles. The third-order valence-corrected chi connectivity index (χ3v) is 4.78. The molecule has 4 aromatic rings. The van der Waals surface area contributed by atoms with Gasteiger partial charge < -0.3 is 24.6 Å². The number of fused-ring (bicyclic) bond motifs is 1. The molecular formula is C22H20FN5O4. The summed E-state index contributed by atoms with van der Waals surface area (Å²) >= 11 is 0. The van der Waals surface area contributed by atoms with Gasteiger partial charge in [-0.1, -0.05) is 0 Å². The molecule has 0 saturated carbocycles. The standard InChI is InChI=1S/C22H20FN5O4/c1-30-18-10-15(4-5-16(18)23)26-22-20(27-21-14(11-24)12-25-28(21)22)13-3-6-17(32-8-7-29)19(9-13)31-2/h3-6,9-10,12,25-26,29H,7-8H2,1-2H3. The number of halogens is 1. The minimum Gasteiger partial charge on any atom is -0.494 e. The molecule has 0 fully saturated rings. The van der Waals surface area contributed by atoms with Gasteiger partial charge in [0, 0.05) is 23.5 Å². The molecule has 0 aliphatic rings. The summed E-state index contributed by atoms with van der Waals surface area (Å²) in [4.78, 5) is 4.64. The zero-order valence-corrected chi connectivity index (χ0v) is 17.3. The first kappa shape index (κ1) is 21.0.